The summed E-state index contributed by atoms with van der Waals surface area (Å²) in [5.41, 5.74) is 7.69. The highest BCUT2D eigenvalue weighted by molar-refractivity contribution is 6.21. The fraction of sp³-hybridized carbons (Fsp3) is 0.167. The highest BCUT2D eigenvalue weighted by Gasteiger charge is 2.21. The highest BCUT2D eigenvalue weighted by Crippen LogP contribution is 2.44. The Morgan fingerprint density at radius 1 is 0.391 bits per heavy atom. The molecule has 0 amide bonds. The molecule has 11 rings (SSSR count). The number of rotatable bonds is 8. The van der Waals surface area contributed by atoms with E-state index in [-0.39, 0.29) is 113 Å². The van der Waals surface area contributed by atoms with Gasteiger partial charge in [-0.25, -0.2) is 0 Å². The van der Waals surface area contributed by atoms with Gasteiger partial charge in [0.1, 0.15) is 11.2 Å². The van der Waals surface area contributed by atoms with Gasteiger partial charge in [-0.2, -0.15) is 0 Å². The predicted molar refractivity (Wildman–Crippen MR) is 273 cm³/mol. The van der Waals surface area contributed by atoms with Crippen molar-refractivity contribution in [1.82, 2.24) is 0 Å². The second kappa shape index (κ2) is 15.2. The Balaban J connectivity index is 1.20. The molecule has 9 aromatic carbocycles. The number of aryl methyl sites for hydroxylation is 4. The van der Waals surface area contributed by atoms with E-state index in [9.17, 15) is 16.4 Å². The van der Waals surface area contributed by atoms with Crippen LogP contribution < -0.4 is 9.80 Å². The van der Waals surface area contributed by atoms with Crippen LogP contribution in [0.1, 0.15) is 89.4 Å². The van der Waals surface area contributed by atoms with E-state index >= 15 is 0 Å². The van der Waals surface area contributed by atoms with Gasteiger partial charge in [0.25, 0.3) is 0 Å². The van der Waals surface area contributed by atoms with Crippen LogP contribution in [-0.2, 0) is 0 Å². The smallest absolute Gasteiger partial charge is 0.178 e. The monoisotopic (exact) mass is 844 g/mol. The van der Waals surface area contributed by atoms with Crippen molar-refractivity contribution in [2.24, 2.45) is 0 Å². The molecule has 0 unspecified atom stereocenters. The standard InChI is InChI=1S/C60H52N2O2/c1-35(2)41-11-9-13-47(27-41)61(49-19-15-37(5)39(7)25-49)51-21-17-43-31-55-53-23-24-54-56-32-44-18-22-52(30-46(44)34-58(56)64-60(54)59(53)63-57(55)33-45(43)29-51)62(50-20-16-38(6)40(8)26-50)48-14-10-12-42(28-48)36(3)4/h9-36H,1-8H3/i17D,18D,21D,22D,23D,24D,29D,30D,31D,32D,33D,34D. The minimum Gasteiger partial charge on any atom is -0.452 e. The molecule has 0 saturated heterocycles. The van der Waals surface area contributed by atoms with Crippen LogP contribution in [0.3, 0.4) is 0 Å². The van der Waals surface area contributed by atoms with E-state index in [2.05, 4.69) is 27.7 Å². The Kier molecular flexibility index (Phi) is 6.75. The first-order valence-electron chi connectivity index (χ1n) is 27.7. The lowest BCUT2D eigenvalue weighted by atomic mass is 10.0. The van der Waals surface area contributed by atoms with E-state index in [1.54, 1.807) is 9.80 Å². The molecule has 2 aromatic heterocycles. The Hall–Kier alpha value is -7.30. The molecule has 0 radical (unpaired) electrons. The molecule has 0 atom stereocenters. The van der Waals surface area contributed by atoms with E-state index in [4.69, 9.17) is 8.83 Å². The van der Waals surface area contributed by atoms with Crippen molar-refractivity contribution in [3.05, 3.63) is 191 Å². The first kappa shape index (κ1) is 28.4. The van der Waals surface area contributed by atoms with Gasteiger partial charge in [0.2, 0.25) is 0 Å². The third-order valence-electron chi connectivity index (χ3n) is 12.4. The second-order valence-electron chi connectivity index (χ2n) is 17.4. The van der Waals surface area contributed by atoms with Crippen LogP contribution in [-0.4, -0.2) is 0 Å². The fourth-order valence-corrected chi connectivity index (χ4v) is 8.42. The zero-order chi connectivity index (χ0) is 54.4. The third kappa shape index (κ3) is 6.68. The van der Waals surface area contributed by atoms with E-state index in [0.29, 0.717) is 22.7 Å². The minimum absolute atomic E-state index is 0.0139. The fourth-order valence-electron chi connectivity index (χ4n) is 8.42. The van der Waals surface area contributed by atoms with Crippen LogP contribution in [0.4, 0.5) is 34.1 Å². The molecule has 2 heterocycles. The summed E-state index contributed by atoms with van der Waals surface area (Å²) < 4.78 is 129. The van der Waals surface area contributed by atoms with Gasteiger partial charge in [0, 0.05) is 55.7 Å². The van der Waals surface area contributed by atoms with Crippen LogP contribution in [0.15, 0.2) is 166 Å². The molecule has 0 aliphatic carbocycles. The Bertz CT molecular complexity index is 4070. The van der Waals surface area contributed by atoms with Gasteiger partial charge in [-0.05, 0) is 203 Å². The van der Waals surface area contributed by atoms with Crippen LogP contribution in [0.5, 0.6) is 0 Å². The summed E-state index contributed by atoms with van der Waals surface area (Å²) in [7, 11) is 0. The van der Waals surface area contributed by atoms with E-state index < -0.39 is 48.3 Å². The first-order valence-corrected chi connectivity index (χ1v) is 21.7. The molecule has 0 aliphatic heterocycles. The van der Waals surface area contributed by atoms with Gasteiger partial charge in [0.15, 0.2) is 11.2 Å². The first-order chi connectivity index (χ1) is 36.0. The summed E-state index contributed by atoms with van der Waals surface area (Å²) in [4.78, 5) is 3.48. The van der Waals surface area contributed by atoms with Gasteiger partial charge in [-0.1, -0.05) is 76.2 Å². The Labute approximate surface area is 391 Å². The number of hydrogen-bond acceptors (Lipinski definition) is 4. The van der Waals surface area contributed by atoms with Crippen molar-refractivity contribution >= 4 is 99.5 Å². The molecule has 314 valence electrons. The Morgan fingerprint density at radius 2 is 0.812 bits per heavy atom. The lowest BCUT2D eigenvalue weighted by Crippen LogP contribution is -2.11. The SMILES string of the molecule is [2H]c1c(N(c2cccc(C(C)C)c2)c2ccc(C)c(C)c2)c([2H])c2c([2H])c3oc4c5oc6c([2H])c7c([2H])c(N(c8cccc(C(C)C)c8)c8ccc(C)c(C)c8)c([2H])c([2H])c7c([2H])c6c5c([2H])c([2H])c4c3c([2H])c2c1[2H]. The van der Waals surface area contributed by atoms with Crippen LogP contribution in [0.25, 0.3) is 65.4 Å². The molecule has 0 bridgehead atoms. The summed E-state index contributed by atoms with van der Waals surface area (Å²) >= 11 is 0. The van der Waals surface area contributed by atoms with Gasteiger partial charge in [-0.3, -0.25) is 0 Å². The quantitative estimate of drug-likeness (QED) is 0.153. The molecule has 0 aliphatic rings. The zero-order valence-electron chi connectivity index (χ0n) is 48.9. The van der Waals surface area contributed by atoms with E-state index in [0.717, 1.165) is 33.4 Å². The molecule has 11 aromatic rings. The molecule has 0 fully saturated rings. The topological polar surface area (TPSA) is 32.8 Å². The lowest BCUT2D eigenvalue weighted by molar-refractivity contribution is 0.634. The summed E-state index contributed by atoms with van der Waals surface area (Å²) in [5, 5.41) is -1.06. The molecular formula is C60H52N2O2. The van der Waals surface area contributed by atoms with Crippen molar-refractivity contribution < 1.29 is 25.3 Å². The number of benzene rings is 9. The zero-order valence-corrected chi connectivity index (χ0v) is 36.9. The summed E-state index contributed by atoms with van der Waals surface area (Å²) in [6.45, 7) is 16.2. The molecule has 0 saturated carbocycles. The van der Waals surface area contributed by atoms with Gasteiger partial charge >= 0.3 is 0 Å². The maximum atomic E-state index is 9.85. The van der Waals surface area contributed by atoms with Gasteiger partial charge in [0.05, 0.1) is 16.4 Å². The maximum absolute atomic E-state index is 9.85. The van der Waals surface area contributed by atoms with E-state index in [1.165, 1.54) is 0 Å². The second-order valence-corrected chi connectivity index (χ2v) is 17.4. The average Bonchev–Trinajstić information content (AvgIpc) is 4.21. The Morgan fingerprint density at radius 3 is 1.22 bits per heavy atom. The molecular weight excluding hydrogens is 781 g/mol. The number of anilines is 6. The predicted octanol–water partition coefficient (Wildman–Crippen LogP) is 18.2. The average molecular weight is 845 g/mol. The molecule has 0 N–H and O–H groups in total. The number of hydrogen-bond donors (Lipinski definition) is 0. The largest absolute Gasteiger partial charge is 0.452 e. The maximum Gasteiger partial charge on any atom is 0.178 e. The van der Waals surface area contributed by atoms with Crippen molar-refractivity contribution in [3.63, 3.8) is 0 Å². The molecule has 4 nitrogen and oxygen atoms in total. The van der Waals surface area contributed by atoms with Gasteiger partial charge < -0.3 is 18.6 Å². The van der Waals surface area contributed by atoms with Crippen LogP contribution in [0.2, 0.25) is 0 Å². The van der Waals surface area contributed by atoms with Crippen LogP contribution >= 0.6 is 0 Å². The third-order valence-corrected chi connectivity index (χ3v) is 12.4. The van der Waals surface area contributed by atoms with Crippen LogP contribution in [0, 0.1) is 27.7 Å². The van der Waals surface area contributed by atoms with Crippen molar-refractivity contribution in [1.29, 1.82) is 0 Å². The summed E-state index contributed by atoms with van der Waals surface area (Å²) in [6.07, 6.45) is 0. The normalized spacial score (nSPS) is 14.7. The highest BCUT2D eigenvalue weighted by atomic mass is 16.4. The van der Waals surface area contributed by atoms with E-state index in [1.807, 2.05) is 113 Å². The summed E-state index contributed by atoms with van der Waals surface area (Å²) in [6, 6.07) is 22.3. The summed E-state index contributed by atoms with van der Waals surface area (Å²) in [5.74, 6) is 0.285. The van der Waals surface area contributed by atoms with Crippen molar-refractivity contribution in [2.45, 2.75) is 67.2 Å². The lowest BCUT2D eigenvalue weighted by Gasteiger charge is -2.27. The number of furan rings is 2. The molecule has 4 heteroatoms. The van der Waals surface area contributed by atoms with Gasteiger partial charge in [-0.15, -0.1) is 0 Å². The molecule has 0 spiro atoms. The minimum atomic E-state index is -0.468. The number of fused-ring (bicyclic) bond motifs is 9. The van der Waals surface area contributed by atoms with Crippen molar-refractivity contribution in [3.8, 4) is 0 Å². The van der Waals surface area contributed by atoms with Crippen molar-refractivity contribution in [2.75, 3.05) is 9.80 Å². The number of nitrogens with zero attached hydrogens (tertiary/aromatic N) is 2. The molecule has 64 heavy (non-hydrogen) atoms.